The third kappa shape index (κ3) is 1.39. The molecule has 90 valence electrons. The van der Waals surface area contributed by atoms with Crippen LogP contribution in [-0.2, 0) is 0 Å². The standard InChI is InChI=1S/C16H15NO/c1-10-8-11(2)16-13-6-4-5-7-14(13)17(12(3)18)15(16)9-10/h4-9H,1-3H3. The van der Waals surface area contributed by atoms with Crippen LogP contribution >= 0.6 is 0 Å². The first kappa shape index (κ1) is 11.0. The summed E-state index contributed by atoms with van der Waals surface area (Å²) in [6.07, 6.45) is 0. The lowest BCUT2D eigenvalue weighted by molar-refractivity contribution is 0.0946. The van der Waals surface area contributed by atoms with E-state index in [-0.39, 0.29) is 5.91 Å². The average Bonchev–Trinajstić information content (AvgIpc) is 2.62. The van der Waals surface area contributed by atoms with Crippen LogP contribution in [0.3, 0.4) is 0 Å². The number of rotatable bonds is 0. The van der Waals surface area contributed by atoms with Gasteiger partial charge in [-0.25, -0.2) is 0 Å². The molecule has 2 heteroatoms. The van der Waals surface area contributed by atoms with Crippen LogP contribution in [0.5, 0.6) is 0 Å². The van der Waals surface area contributed by atoms with Crippen LogP contribution in [-0.4, -0.2) is 10.5 Å². The van der Waals surface area contributed by atoms with Gasteiger partial charge in [-0.1, -0.05) is 24.3 Å². The summed E-state index contributed by atoms with van der Waals surface area (Å²) in [6, 6.07) is 12.3. The molecule has 18 heavy (non-hydrogen) atoms. The molecular weight excluding hydrogens is 222 g/mol. The maximum absolute atomic E-state index is 11.9. The second-order valence-corrected chi connectivity index (χ2v) is 4.85. The number of nitrogens with zero attached hydrogens (tertiary/aromatic N) is 1. The number of carbonyl (C=O) groups excluding carboxylic acids is 1. The largest absolute Gasteiger partial charge is 0.280 e. The van der Waals surface area contributed by atoms with Gasteiger partial charge in [-0.15, -0.1) is 0 Å². The smallest absolute Gasteiger partial charge is 0.228 e. The van der Waals surface area contributed by atoms with E-state index >= 15 is 0 Å². The first-order valence-corrected chi connectivity index (χ1v) is 6.11. The summed E-state index contributed by atoms with van der Waals surface area (Å²) in [5.74, 6) is 0.0613. The van der Waals surface area contributed by atoms with Gasteiger partial charge < -0.3 is 0 Å². The maximum atomic E-state index is 11.9. The van der Waals surface area contributed by atoms with E-state index in [1.165, 1.54) is 16.5 Å². The van der Waals surface area contributed by atoms with Crippen molar-refractivity contribution in [2.24, 2.45) is 0 Å². The van der Waals surface area contributed by atoms with Crippen molar-refractivity contribution in [3.05, 3.63) is 47.5 Å². The van der Waals surface area contributed by atoms with E-state index in [1.54, 1.807) is 6.92 Å². The van der Waals surface area contributed by atoms with Gasteiger partial charge >= 0.3 is 0 Å². The SMILES string of the molecule is CC(=O)n1c2ccccc2c2c(C)cc(C)cc21. The fraction of sp³-hybridized carbons (Fsp3) is 0.188. The van der Waals surface area contributed by atoms with Crippen molar-refractivity contribution in [2.75, 3.05) is 0 Å². The highest BCUT2D eigenvalue weighted by Gasteiger charge is 2.14. The lowest BCUT2D eigenvalue weighted by atomic mass is 10.1. The molecular formula is C16H15NO. The Hall–Kier alpha value is -2.09. The number of benzene rings is 2. The zero-order valence-electron chi connectivity index (χ0n) is 10.8. The average molecular weight is 237 g/mol. The Morgan fingerprint density at radius 2 is 1.78 bits per heavy atom. The van der Waals surface area contributed by atoms with E-state index in [9.17, 15) is 4.79 Å². The first-order chi connectivity index (χ1) is 8.59. The zero-order chi connectivity index (χ0) is 12.9. The summed E-state index contributed by atoms with van der Waals surface area (Å²) in [4.78, 5) is 11.9. The molecule has 2 aromatic carbocycles. The van der Waals surface area contributed by atoms with Gasteiger partial charge in [0.15, 0.2) is 0 Å². The molecule has 0 aliphatic heterocycles. The van der Waals surface area contributed by atoms with Crippen LogP contribution in [0.1, 0.15) is 22.8 Å². The van der Waals surface area contributed by atoms with Crippen molar-refractivity contribution in [2.45, 2.75) is 20.8 Å². The van der Waals surface area contributed by atoms with E-state index in [2.05, 4.69) is 32.0 Å². The van der Waals surface area contributed by atoms with E-state index < -0.39 is 0 Å². The molecule has 0 bridgehead atoms. The number of carbonyl (C=O) groups is 1. The van der Waals surface area contributed by atoms with Gasteiger partial charge in [-0.3, -0.25) is 9.36 Å². The minimum atomic E-state index is 0.0613. The monoisotopic (exact) mass is 237 g/mol. The Morgan fingerprint density at radius 1 is 1.06 bits per heavy atom. The predicted octanol–water partition coefficient (Wildman–Crippen LogP) is 4.07. The molecule has 3 rings (SSSR count). The molecule has 0 saturated carbocycles. The zero-order valence-corrected chi connectivity index (χ0v) is 10.8. The fourth-order valence-electron chi connectivity index (χ4n) is 2.82. The highest BCUT2D eigenvalue weighted by Crippen LogP contribution is 2.32. The normalized spacial score (nSPS) is 11.3. The van der Waals surface area contributed by atoms with Crippen LogP contribution in [0.25, 0.3) is 21.8 Å². The van der Waals surface area contributed by atoms with Crippen LogP contribution in [0.4, 0.5) is 0 Å². The van der Waals surface area contributed by atoms with Crippen LogP contribution in [0.15, 0.2) is 36.4 Å². The van der Waals surface area contributed by atoms with Crippen LogP contribution in [0, 0.1) is 13.8 Å². The van der Waals surface area contributed by atoms with Gasteiger partial charge in [0, 0.05) is 17.7 Å². The Kier molecular flexibility index (Phi) is 2.27. The van der Waals surface area contributed by atoms with Crippen LogP contribution < -0.4 is 0 Å². The highest BCUT2D eigenvalue weighted by molar-refractivity contribution is 6.14. The lowest BCUT2D eigenvalue weighted by Gasteiger charge is -2.03. The molecule has 0 aliphatic rings. The van der Waals surface area contributed by atoms with Gasteiger partial charge in [0.2, 0.25) is 5.91 Å². The second-order valence-electron chi connectivity index (χ2n) is 4.85. The minimum absolute atomic E-state index is 0.0613. The summed E-state index contributed by atoms with van der Waals surface area (Å²) in [6.45, 7) is 5.78. The Bertz CT molecular complexity index is 780. The maximum Gasteiger partial charge on any atom is 0.228 e. The Labute approximate surface area is 106 Å². The van der Waals surface area contributed by atoms with Gasteiger partial charge in [0.1, 0.15) is 0 Å². The van der Waals surface area contributed by atoms with E-state index in [4.69, 9.17) is 0 Å². The van der Waals surface area contributed by atoms with Crippen molar-refractivity contribution in [1.82, 2.24) is 4.57 Å². The molecule has 0 aliphatic carbocycles. The molecule has 1 heterocycles. The molecule has 0 amide bonds. The Morgan fingerprint density at radius 3 is 2.50 bits per heavy atom. The van der Waals surface area contributed by atoms with Crippen molar-refractivity contribution >= 4 is 27.7 Å². The van der Waals surface area contributed by atoms with Crippen molar-refractivity contribution in [1.29, 1.82) is 0 Å². The second kappa shape index (κ2) is 3.70. The molecule has 0 fully saturated rings. The number of fused-ring (bicyclic) bond motifs is 3. The lowest BCUT2D eigenvalue weighted by Crippen LogP contribution is -2.04. The number of hydrogen-bond donors (Lipinski definition) is 0. The van der Waals surface area contributed by atoms with Gasteiger partial charge in [-0.2, -0.15) is 0 Å². The minimum Gasteiger partial charge on any atom is -0.280 e. The first-order valence-electron chi connectivity index (χ1n) is 6.11. The van der Waals surface area contributed by atoms with E-state index in [0.29, 0.717) is 0 Å². The van der Waals surface area contributed by atoms with Crippen molar-refractivity contribution < 1.29 is 4.79 Å². The molecule has 1 aromatic heterocycles. The predicted molar refractivity (Wildman–Crippen MR) is 75.2 cm³/mol. The topological polar surface area (TPSA) is 22.0 Å². The molecule has 0 saturated heterocycles. The molecule has 0 unspecified atom stereocenters. The van der Waals surface area contributed by atoms with Gasteiger partial charge in [-0.05, 0) is 37.1 Å². The molecule has 3 aromatic rings. The van der Waals surface area contributed by atoms with Crippen molar-refractivity contribution in [3.63, 3.8) is 0 Å². The summed E-state index contributed by atoms with van der Waals surface area (Å²) < 4.78 is 1.81. The molecule has 0 N–H and O–H groups in total. The number of para-hydroxylation sites is 1. The third-order valence-electron chi connectivity index (χ3n) is 3.43. The molecule has 0 atom stereocenters. The van der Waals surface area contributed by atoms with Gasteiger partial charge in [0.25, 0.3) is 0 Å². The van der Waals surface area contributed by atoms with Crippen molar-refractivity contribution in [3.8, 4) is 0 Å². The molecule has 0 spiro atoms. The number of aromatic nitrogens is 1. The number of aryl methyl sites for hydroxylation is 2. The Balaban J connectivity index is 2.67. The summed E-state index contributed by atoms with van der Waals surface area (Å²) in [5.41, 5.74) is 4.42. The fourth-order valence-corrected chi connectivity index (χ4v) is 2.82. The molecule has 2 nitrogen and oxygen atoms in total. The van der Waals surface area contributed by atoms with E-state index in [0.717, 1.165) is 16.4 Å². The van der Waals surface area contributed by atoms with E-state index in [1.807, 2.05) is 22.8 Å². The highest BCUT2D eigenvalue weighted by atomic mass is 16.1. The third-order valence-corrected chi connectivity index (χ3v) is 3.43. The summed E-state index contributed by atoms with van der Waals surface area (Å²) >= 11 is 0. The quantitative estimate of drug-likeness (QED) is 0.577. The van der Waals surface area contributed by atoms with Gasteiger partial charge in [0.05, 0.1) is 11.0 Å². The molecule has 0 radical (unpaired) electrons. The van der Waals surface area contributed by atoms with Crippen LogP contribution in [0.2, 0.25) is 0 Å². The summed E-state index contributed by atoms with van der Waals surface area (Å²) in [5, 5.41) is 2.34. The number of hydrogen-bond acceptors (Lipinski definition) is 1. The summed E-state index contributed by atoms with van der Waals surface area (Å²) in [7, 11) is 0.